The van der Waals surface area contributed by atoms with Crippen LogP contribution in [0.4, 0.5) is 0 Å². The molecule has 2 heterocycles. The predicted octanol–water partition coefficient (Wildman–Crippen LogP) is 1.18. The number of hydrogen-bond donors (Lipinski definition) is 2. The molecule has 22 heavy (non-hydrogen) atoms. The summed E-state index contributed by atoms with van der Waals surface area (Å²) in [4.78, 5) is 4.23. The molecule has 2 aromatic rings. The van der Waals surface area contributed by atoms with Crippen molar-refractivity contribution in [1.82, 2.24) is 20.1 Å². The maximum absolute atomic E-state index is 9.99. The fourth-order valence-electron chi connectivity index (χ4n) is 3.03. The molecule has 118 valence electrons. The van der Waals surface area contributed by atoms with Gasteiger partial charge in [0.1, 0.15) is 0 Å². The van der Waals surface area contributed by atoms with Gasteiger partial charge in [-0.05, 0) is 31.4 Å². The lowest BCUT2D eigenvalue weighted by atomic mass is 9.82. The van der Waals surface area contributed by atoms with E-state index >= 15 is 0 Å². The second-order valence-corrected chi connectivity index (χ2v) is 5.87. The summed E-state index contributed by atoms with van der Waals surface area (Å²) in [6, 6.07) is 6.36. The molecular weight excluding hydrogens is 280 g/mol. The quantitative estimate of drug-likeness (QED) is 0.838. The summed E-state index contributed by atoms with van der Waals surface area (Å²) < 4.78 is 6.91. The van der Waals surface area contributed by atoms with Crippen LogP contribution in [-0.2, 0) is 6.42 Å². The summed E-state index contributed by atoms with van der Waals surface area (Å²) in [7, 11) is 1.61. The molecule has 1 fully saturated rings. The number of aliphatic hydroxyl groups excluding tert-OH is 1. The highest BCUT2D eigenvalue weighted by molar-refractivity contribution is 5.18. The first kappa shape index (κ1) is 15.0. The Kier molecular flexibility index (Phi) is 4.40. The van der Waals surface area contributed by atoms with Crippen LogP contribution in [0.2, 0.25) is 0 Å². The number of aliphatic hydroxyl groups is 1. The summed E-state index contributed by atoms with van der Waals surface area (Å²) in [5, 5.41) is 17.8. The molecule has 0 amide bonds. The highest BCUT2D eigenvalue weighted by Gasteiger charge is 2.42. The van der Waals surface area contributed by atoms with Gasteiger partial charge in [0.05, 0.1) is 19.3 Å². The zero-order chi connectivity index (χ0) is 15.5. The first-order valence-electron chi connectivity index (χ1n) is 7.59. The maximum Gasteiger partial charge on any atom is 0.212 e. The molecule has 2 aromatic heterocycles. The van der Waals surface area contributed by atoms with E-state index in [-0.39, 0.29) is 18.2 Å². The van der Waals surface area contributed by atoms with E-state index in [0.29, 0.717) is 11.9 Å². The molecule has 0 spiro atoms. The molecule has 1 unspecified atom stereocenters. The molecule has 0 bridgehead atoms. The molecule has 0 aliphatic heterocycles. The number of pyridine rings is 1. The van der Waals surface area contributed by atoms with Gasteiger partial charge in [-0.25, -0.2) is 4.98 Å². The van der Waals surface area contributed by atoms with E-state index in [0.717, 1.165) is 18.4 Å². The summed E-state index contributed by atoms with van der Waals surface area (Å²) in [6.45, 7) is 2.15. The van der Waals surface area contributed by atoms with Crippen LogP contribution < -0.4 is 10.1 Å². The summed E-state index contributed by atoms with van der Waals surface area (Å²) in [5.74, 6) is 0.630. The standard InChI is InChI=1S/C16H22N4O2/c1-11(8-12-4-5-15(22-2)17-10-12)19-13-9-14(21)16(13)20-7-3-6-18-20/h3-7,10-11,13-14,16,19,21H,8-9H2,1-2H3/t11?,13-,14+,16+/m0/s1. The average Bonchev–Trinajstić information content (AvgIpc) is 3.00. The van der Waals surface area contributed by atoms with Crippen LogP contribution in [0.25, 0.3) is 0 Å². The van der Waals surface area contributed by atoms with Gasteiger partial charge < -0.3 is 15.2 Å². The van der Waals surface area contributed by atoms with Crippen LogP contribution >= 0.6 is 0 Å². The lowest BCUT2D eigenvalue weighted by Gasteiger charge is -2.43. The lowest BCUT2D eigenvalue weighted by Crippen LogP contribution is -2.56. The Morgan fingerprint density at radius 1 is 1.50 bits per heavy atom. The van der Waals surface area contributed by atoms with Gasteiger partial charge in [-0.3, -0.25) is 4.68 Å². The first-order chi connectivity index (χ1) is 10.7. The van der Waals surface area contributed by atoms with E-state index in [1.807, 2.05) is 35.3 Å². The highest BCUT2D eigenvalue weighted by atomic mass is 16.5. The van der Waals surface area contributed by atoms with Gasteiger partial charge in [0.25, 0.3) is 0 Å². The highest BCUT2D eigenvalue weighted by Crippen LogP contribution is 2.32. The molecule has 0 saturated heterocycles. The lowest BCUT2D eigenvalue weighted by molar-refractivity contribution is -0.0109. The van der Waals surface area contributed by atoms with Crippen molar-refractivity contribution in [2.75, 3.05) is 7.11 Å². The number of nitrogens with zero attached hydrogens (tertiary/aromatic N) is 3. The van der Waals surface area contributed by atoms with Gasteiger partial charge >= 0.3 is 0 Å². The summed E-state index contributed by atoms with van der Waals surface area (Å²) in [6.07, 6.45) is 6.81. The summed E-state index contributed by atoms with van der Waals surface area (Å²) in [5.41, 5.74) is 1.16. The molecule has 4 atom stereocenters. The average molecular weight is 302 g/mol. The third-order valence-corrected chi connectivity index (χ3v) is 4.18. The van der Waals surface area contributed by atoms with E-state index in [9.17, 15) is 5.11 Å². The zero-order valence-electron chi connectivity index (χ0n) is 12.9. The van der Waals surface area contributed by atoms with E-state index in [4.69, 9.17) is 4.74 Å². The Labute approximate surface area is 130 Å². The molecular formula is C16H22N4O2. The van der Waals surface area contributed by atoms with Crippen molar-refractivity contribution in [1.29, 1.82) is 0 Å². The SMILES string of the molecule is COc1ccc(CC(C)N[C@H]2C[C@@H](O)[C@@H]2n2cccn2)cn1. The van der Waals surface area contributed by atoms with Crippen LogP contribution in [-0.4, -0.2) is 45.2 Å². The Morgan fingerprint density at radius 3 is 2.95 bits per heavy atom. The van der Waals surface area contributed by atoms with Crippen LogP contribution in [0, 0.1) is 0 Å². The van der Waals surface area contributed by atoms with E-state index in [1.54, 1.807) is 13.3 Å². The van der Waals surface area contributed by atoms with E-state index < -0.39 is 0 Å². The van der Waals surface area contributed by atoms with Gasteiger partial charge in [-0.15, -0.1) is 0 Å². The molecule has 0 radical (unpaired) electrons. The molecule has 2 N–H and O–H groups in total. The number of nitrogens with one attached hydrogen (secondary N) is 1. The first-order valence-corrected chi connectivity index (χ1v) is 7.59. The van der Waals surface area contributed by atoms with E-state index in [2.05, 4.69) is 22.3 Å². The van der Waals surface area contributed by atoms with Crippen LogP contribution in [0.5, 0.6) is 5.88 Å². The monoisotopic (exact) mass is 302 g/mol. The Bertz CT molecular complexity index is 585. The Morgan fingerprint density at radius 2 is 2.36 bits per heavy atom. The number of aromatic nitrogens is 3. The van der Waals surface area contributed by atoms with Crippen LogP contribution in [0.1, 0.15) is 24.9 Å². The third-order valence-electron chi connectivity index (χ3n) is 4.18. The van der Waals surface area contributed by atoms with Crippen molar-refractivity contribution in [3.05, 3.63) is 42.4 Å². The minimum Gasteiger partial charge on any atom is -0.481 e. The fraction of sp³-hybridized carbons (Fsp3) is 0.500. The fourth-order valence-corrected chi connectivity index (χ4v) is 3.03. The minimum absolute atomic E-state index is 0.0199. The normalized spacial score (nSPS) is 25.5. The van der Waals surface area contributed by atoms with Gasteiger partial charge in [0.2, 0.25) is 5.88 Å². The Balaban J connectivity index is 1.56. The zero-order valence-corrected chi connectivity index (χ0v) is 12.9. The summed E-state index contributed by atoms with van der Waals surface area (Å²) >= 11 is 0. The molecule has 3 rings (SSSR count). The smallest absolute Gasteiger partial charge is 0.212 e. The number of ether oxygens (including phenoxy) is 1. The number of methoxy groups -OCH3 is 1. The minimum atomic E-state index is -0.327. The van der Waals surface area contributed by atoms with Crippen molar-refractivity contribution < 1.29 is 9.84 Å². The topological polar surface area (TPSA) is 72.2 Å². The number of hydrogen-bond acceptors (Lipinski definition) is 5. The van der Waals surface area contributed by atoms with Gasteiger partial charge in [0.15, 0.2) is 0 Å². The van der Waals surface area contributed by atoms with Gasteiger partial charge in [-0.2, -0.15) is 5.10 Å². The van der Waals surface area contributed by atoms with Crippen molar-refractivity contribution in [3.8, 4) is 5.88 Å². The Hall–Kier alpha value is -1.92. The van der Waals surface area contributed by atoms with Crippen molar-refractivity contribution in [3.63, 3.8) is 0 Å². The van der Waals surface area contributed by atoms with Crippen LogP contribution in [0.3, 0.4) is 0 Å². The molecule has 1 aliphatic carbocycles. The molecule has 1 saturated carbocycles. The molecule has 0 aromatic carbocycles. The van der Waals surface area contributed by atoms with Crippen molar-refractivity contribution in [2.24, 2.45) is 0 Å². The van der Waals surface area contributed by atoms with Crippen molar-refractivity contribution >= 4 is 0 Å². The van der Waals surface area contributed by atoms with Gasteiger partial charge in [0, 0.05) is 36.7 Å². The molecule has 1 aliphatic rings. The molecule has 6 heteroatoms. The second kappa shape index (κ2) is 6.46. The van der Waals surface area contributed by atoms with Gasteiger partial charge in [-0.1, -0.05) is 6.07 Å². The maximum atomic E-state index is 9.99. The predicted molar refractivity (Wildman–Crippen MR) is 82.8 cm³/mol. The molecule has 6 nitrogen and oxygen atoms in total. The largest absolute Gasteiger partial charge is 0.481 e. The number of rotatable bonds is 6. The van der Waals surface area contributed by atoms with Crippen molar-refractivity contribution in [2.45, 2.75) is 44.0 Å². The van der Waals surface area contributed by atoms with E-state index in [1.165, 1.54) is 0 Å². The second-order valence-electron chi connectivity index (χ2n) is 5.87. The van der Waals surface area contributed by atoms with Crippen LogP contribution in [0.15, 0.2) is 36.8 Å². The third kappa shape index (κ3) is 3.13.